The van der Waals surface area contributed by atoms with Crippen molar-refractivity contribution in [3.05, 3.63) is 70.8 Å². The summed E-state index contributed by atoms with van der Waals surface area (Å²) in [4.78, 5) is 22.6. The molecule has 6 N–H and O–H groups in total. The van der Waals surface area contributed by atoms with Gasteiger partial charge in [0, 0.05) is 11.1 Å². The third-order valence-corrected chi connectivity index (χ3v) is 3.08. The normalized spacial score (nSPS) is 10.5. The van der Waals surface area contributed by atoms with E-state index in [1.54, 1.807) is 24.3 Å². The van der Waals surface area contributed by atoms with Crippen LogP contribution in [0.25, 0.3) is 12.2 Å². The van der Waals surface area contributed by atoms with Crippen molar-refractivity contribution in [2.45, 2.75) is 0 Å². The zero-order valence-corrected chi connectivity index (χ0v) is 11.7. The van der Waals surface area contributed by atoms with Crippen LogP contribution in [0, 0.1) is 0 Å². The van der Waals surface area contributed by atoms with Crippen molar-refractivity contribution < 1.29 is 9.59 Å². The summed E-state index contributed by atoms with van der Waals surface area (Å²) in [5, 5.41) is 0. The van der Waals surface area contributed by atoms with Gasteiger partial charge in [-0.25, -0.2) is 11.7 Å². The second-order valence-corrected chi connectivity index (χ2v) is 4.52. The molecule has 2 rings (SSSR count). The van der Waals surface area contributed by atoms with Gasteiger partial charge in [0.15, 0.2) is 0 Å². The Bertz CT molecular complexity index is 630. The van der Waals surface area contributed by atoms with Gasteiger partial charge in [-0.3, -0.25) is 20.4 Å². The lowest BCUT2D eigenvalue weighted by atomic mass is 10.1. The van der Waals surface area contributed by atoms with Gasteiger partial charge in [0.1, 0.15) is 0 Å². The van der Waals surface area contributed by atoms with E-state index in [0.29, 0.717) is 11.1 Å². The highest BCUT2D eigenvalue weighted by atomic mass is 16.2. The molecule has 0 atom stereocenters. The van der Waals surface area contributed by atoms with E-state index in [4.69, 9.17) is 11.7 Å². The van der Waals surface area contributed by atoms with Crippen molar-refractivity contribution in [3.63, 3.8) is 0 Å². The first-order valence-electron chi connectivity index (χ1n) is 6.54. The summed E-state index contributed by atoms with van der Waals surface area (Å²) in [6.45, 7) is 0. The number of benzene rings is 2. The third kappa shape index (κ3) is 3.78. The maximum atomic E-state index is 11.3. The second-order valence-electron chi connectivity index (χ2n) is 4.52. The van der Waals surface area contributed by atoms with Gasteiger partial charge in [0.05, 0.1) is 0 Å². The molecule has 112 valence electrons. The molecule has 0 unspecified atom stereocenters. The van der Waals surface area contributed by atoms with E-state index >= 15 is 0 Å². The molecular weight excluding hydrogens is 280 g/mol. The van der Waals surface area contributed by atoms with Gasteiger partial charge in [-0.15, -0.1) is 0 Å². The van der Waals surface area contributed by atoms with Crippen LogP contribution in [0.4, 0.5) is 0 Å². The Labute approximate surface area is 127 Å². The van der Waals surface area contributed by atoms with Crippen molar-refractivity contribution in [2.24, 2.45) is 11.7 Å². The smallest absolute Gasteiger partial charge is 0.265 e. The first-order valence-corrected chi connectivity index (χ1v) is 6.54. The second kappa shape index (κ2) is 7.16. The summed E-state index contributed by atoms with van der Waals surface area (Å²) in [5.74, 6) is 9.48. The van der Waals surface area contributed by atoms with Crippen LogP contribution in [-0.4, -0.2) is 11.8 Å². The third-order valence-electron chi connectivity index (χ3n) is 3.08. The van der Waals surface area contributed by atoms with Crippen molar-refractivity contribution in [3.8, 4) is 0 Å². The SMILES string of the molecule is NNC(=O)c1ccc(C=Cc2ccc(C(=O)NN)cc2)cc1. The predicted molar refractivity (Wildman–Crippen MR) is 85.1 cm³/mol. The molecule has 6 heteroatoms. The minimum atomic E-state index is -0.329. The topological polar surface area (TPSA) is 110 Å². The fourth-order valence-corrected chi connectivity index (χ4v) is 1.85. The molecule has 0 aliphatic heterocycles. The molecule has 0 spiro atoms. The lowest BCUT2D eigenvalue weighted by molar-refractivity contribution is 0.0945. The Morgan fingerprint density at radius 3 is 1.27 bits per heavy atom. The maximum absolute atomic E-state index is 11.3. The number of hydrogen-bond donors (Lipinski definition) is 4. The fourth-order valence-electron chi connectivity index (χ4n) is 1.85. The lowest BCUT2D eigenvalue weighted by Gasteiger charge is -2.01. The molecular formula is C16H16N4O2. The van der Waals surface area contributed by atoms with E-state index in [1.807, 2.05) is 36.4 Å². The van der Waals surface area contributed by atoms with Gasteiger partial charge in [-0.2, -0.15) is 0 Å². The first kappa shape index (κ1) is 15.4. The molecule has 0 heterocycles. The molecule has 0 aliphatic rings. The molecule has 6 nitrogen and oxygen atoms in total. The van der Waals surface area contributed by atoms with Crippen LogP contribution in [0.15, 0.2) is 48.5 Å². The molecule has 2 aromatic carbocycles. The van der Waals surface area contributed by atoms with Gasteiger partial charge >= 0.3 is 0 Å². The molecule has 0 fully saturated rings. The maximum Gasteiger partial charge on any atom is 0.265 e. The monoisotopic (exact) mass is 296 g/mol. The van der Waals surface area contributed by atoms with E-state index in [-0.39, 0.29) is 11.8 Å². The van der Waals surface area contributed by atoms with Crippen LogP contribution < -0.4 is 22.5 Å². The van der Waals surface area contributed by atoms with Gasteiger partial charge in [-0.05, 0) is 35.4 Å². The molecule has 22 heavy (non-hydrogen) atoms. The molecule has 2 aromatic rings. The number of hydrazine groups is 2. The van der Waals surface area contributed by atoms with Crippen molar-refractivity contribution in [1.82, 2.24) is 10.9 Å². The number of nitrogen functional groups attached to an aromatic ring is 2. The Balaban J connectivity index is 2.08. The molecule has 0 radical (unpaired) electrons. The van der Waals surface area contributed by atoms with E-state index in [1.165, 1.54) is 0 Å². The van der Waals surface area contributed by atoms with E-state index < -0.39 is 0 Å². The number of hydrogen-bond acceptors (Lipinski definition) is 4. The van der Waals surface area contributed by atoms with Crippen molar-refractivity contribution >= 4 is 24.0 Å². The fraction of sp³-hybridized carbons (Fsp3) is 0. The van der Waals surface area contributed by atoms with Crippen LogP contribution in [0.1, 0.15) is 31.8 Å². The Morgan fingerprint density at radius 1 is 0.682 bits per heavy atom. The highest BCUT2D eigenvalue weighted by molar-refractivity contribution is 5.94. The summed E-state index contributed by atoms with van der Waals surface area (Å²) in [6.07, 6.45) is 3.81. The van der Waals surface area contributed by atoms with Gasteiger partial charge < -0.3 is 0 Å². The zero-order chi connectivity index (χ0) is 15.9. The zero-order valence-electron chi connectivity index (χ0n) is 11.7. The molecule has 2 amide bonds. The first-order chi connectivity index (χ1) is 10.6. The predicted octanol–water partition coefficient (Wildman–Crippen LogP) is 1.06. The average Bonchev–Trinajstić information content (AvgIpc) is 2.59. The Kier molecular flexibility index (Phi) is 5.02. The number of nitrogens with one attached hydrogen (secondary N) is 2. The average molecular weight is 296 g/mol. The number of rotatable bonds is 4. The van der Waals surface area contributed by atoms with Crippen molar-refractivity contribution in [1.29, 1.82) is 0 Å². The van der Waals surface area contributed by atoms with Crippen molar-refractivity contribution in [2.75, 3.05) is 0 Å². The summed E-state index contributed by atoms with van der Waals surface area (Å²) < 4.78 is 0. The minimum Gasteiger partial charge on any atom is -0.290 e. The highest BCUT2D eigenvalue weighted by Crippen LogP contribution is 2.11. The largest absolute Gasteiger partial charge is 0.290 e. The van der Waals surface area contributed by atoms with E-state index in [9.17, 15) is 9.59 Å². The van der Waals surface area contributed by atoms with Crippen LogP contribution in [0.5, 0.6) is 0 Å². The minimum absolute atomic E-state index is 0.329. The molecule has 0 bridgehead atoms. The summed E-state index contributed by atoms with van der Waals surface area (Å²) in [5.41, 5.74) is 7.04. The summed E-state index contributed by atoms with van der Waals surface area (Å²) >= 11 is 0. The molecule has 0 saturated carbocycles. The van der Waals surface area contributed by atoms with Gasteiger partial charge in [-0.1, -0.05) is 36.4 Å². The Morgan fingerprint density at radius 2 is 1.00 bits per heavy atom. The summed E-state index contributed by atoms with van der Waals surface area (Å²) in [6, 6.07) is 14.0. The van der Waals surface area contributed by atoms with E-state index in [0.717, 1.165) is 11.1 Å². The van der Waals surface area contributed by atoms with Crippen LogP contribution in [0.3, 0.4) is 0 Å². The number of amides is 2. The quantitative estimate of drug-likeness (QED) is 0.293. The molecule has 0 aliphatic carbocycles. The van der Waals surface area contributed by atoms with Crippen LogP contribution >= 0.6 is 0 Å². The number of nitrogens with two attached hydrogens (primary N) is 2. The highest BCUT2D eigenvalue weighted by Gasteiger charge is 2.02. The Hall–Kier alpha value is -2.96. The lowest BCUT2D eigenvalue weighted by Crippen LogP contribution is -2.29. The number of carbonyl (C=O) groups excluding carboxylic acids is 2. The summed E-state index contributed by atoms with van der Waals surface area (Å²) in [7, 11) is 0. The van der Waals surface area contributed by atoms with Gasteiger partial charge in [0.2, 0.25) is 0 Å². The van der Waals surface area contributed by atoms with Crippen LogP contribution in [0.2, 0.25) is 0 Å². The molecule has 0 aromatic heterocycles. The van der Waals surface area contributed by atoms with Crippen LogP contribution in [-0.2, 0) is 0 Å². The molecule has 0 saturated heterocycles. The number of carbonyl (C=O) groups is 2. The standard InChI is InChI=1S/C16H16N4O2/c17-19-15(21)13-7-3-11(4-8-13)1-2-12-5-9-14(10-6-12)16(22)20-18/h1-10H,17-18H2,(H,19,21)(H,20,22). The van der Waals surface area contributed by atoms with E-state index in [2.05, 4.69) is 10.9 Å². The van der Waals surface area contributed by atoms with Gasteiger partial charge in [0.25, 0.3) is 11.8 Å².